The van der Waals surface area contributed by atoms with Crippen molar-refractivity contribution in [2.45, 2.75) is 19.4 Å². The molecule has 15 heavy (non-hydrogen) atoms. The summed E-state index contributed by atoms with van der Waals surface area (Å²) >= 11 is 0. The Hall–Kier alpha value is -1.84. The molecular formula is C11H12O4. The summed E-state index contributed by atoms with van der Waals surface area (Å²) in [6.45, 7) is 1.71. The number of rotatable bonds is 5. The number of hydrogen-bond acceptors (Lipinski definition) is 3. The summed E-state index contributed by atoms with van der Waals surface area (Å²) in [5, 5.41) is 8.78. The number of aldehydes is 1. The van der Waals surface area contributed by atoms with Gasteiger partial charge in [-0.15, -0.1) is 0 Å². The molecule has 0 fully saturated rings. The largest absolute Gasteiger partial charge is 0.479 e. The van der Waals surface area contributed by atoms with Crippen LogP contribution in [0.25, 0.3) is 0 Å². The van der Waals surface area contributed by atoms with E-state index in [9.17, 15) is 9.59 Å². The third kappa shape index (κ3) is 2.80. The van der Waals surface area contributed by atoms with Gasteiger partial charge in [-0.3, -0.25) is 4.79 Å². The molecule has 0 saturated carbocycles. The molecule has 0 aliphatic heterocycles. The van der Waals surface area contributed by atoms with Crippen LogP contribution in [0.5, 0.6) is 5.75 Å². The van der Waals surface area contributed by atoms with E-state index in [2.05, 4.69) is 0 Å². The summed E-state index contributed by atoms with van der Waals surface area (Å²) in [6, 6.07) is 6.54. The zero-order chi connectivity index (χ0) is 11.3. The minimum absolute atomic E-state index is 0.307. The second kappa shape index (κ2) is 5.14. The van der Waals surface area contributed by atoms with Gasteiger partial charge in [0.15, 0.2) is 12.4 Å². The van der Waals surface area contributed by atoms with Gasteiger partial charge < -0.3 is 9.84 Å². The van der Waals surface area contributed by atoms with Crippen LogP contribution in [-0.4, -0.2) is 23.5 Å². The Morgan fingerprint density at radius 3 is 2.73 bits per heavy atom. The summed E-state index contributed by atoms with van der Waals surface area (Å²) in [4.78, 5) is 21.4. The van der Waals surface area contributed by atoms with Crippen molar-refractivity contribution in [1.29, 1.82) is 0 Å². The number of ether oxygens (including phenoxy) is 1. The lowest BCUT2D eigenvalue weighted by Crippen LogP contribution is -2.26. The van der Waals surface area contributed by atoms with E-state index >= 15 is 0 Å². The van der Waals surface area contributed by atoms with Gasteiger partial charge in [0, 0.05) is 0 Å². The van der Waals surface area contributed by atoms with Crippen LogP contribution in [0, 0.1) is 0 Å². The van der Waals surface area contributed by atoms with Gasteiger partial charge in [-0.05, 0) is 18.6 Å². The molecule has 0 aliphatic rings. The van der Waals surface area contributed by atoms with E-state index in [0.717, 1.165) is 0 Å². The second-order valence-electron chi connectivity index (χ2n) is 3.01. The van der Waals surface area contributed by atoms with Gasteiger partial charge in [0.25, 0.3) is 0 Å². The summed E-state index contributed by atoms with van der Waals surface area (Å²) in [5.41, 5.74) is 0.359. The smallest absolute Gasteiger partial charge is 0.344 e. The van der Waals surface area contributed by atoms with Gasteiger partial charge in [0.2, 0.25) is 0 Å². The number of aliphatic carboxylic acids is 1. The zero-order valence-electron chi connectivity index (χ0n) is 8.34. The van der Waals surface area contributed by atoms with Crippen LogP contribution in [0.2, 0.25) is 0 Å². The molecule has 1 unspecified atom stereocenters. The van der Waals surface area contributed by atoms with Crippen LogP contribution in [0.1, 0.15) is 23.7 Å². The molecule has 1 rings (SSSR count). The van der Waals surface area contributed by atoms with E-state index < -0.39 is 12.1 Å². The first-order valence-electron chi connectivity index (χ1n) is 4.62. The molecule has 0 aromatic heterocycles. The molecule has 0 radical (unpaired) electrons. The van der Waals surface area contributed by atoms with E-state index in [1.54, 1.807) is 31.2 Å². The fourth-order valence-corrected chi connectivity index (χ4v) is 1.15. The number of para-hydroxylation sites is 1. The number of benzene rings is 1. The molecule has 0 spiro atoms. The first-order valence-corrected chi connectivity index (χ1v) is 4.62. The Kier molecular flexibility index (Phi) is 3.85. The fourth-order valence-electron chi connectivity index (χ4n) is 1.15. The molecule has 0 saturated heterocycles. The van der Waals surface area contributed by atoms with Crippen molar-refractivity contribution in [3.8, 4) is 5.75 Å². The Labute approximate surface area is 87.5 Å². The topological polar surface area (TPSA) is 63.6 Å². The minimum atomic E-state index is -1.03. The van der Waals surface area contributed by atoms with Crippen LogP contribution in [0.3, 0.4) is 0 Å². The number of hydrogen-bond donors (Lipinski definition) is 1. The SMILES string of the molecule is CCC(Oc1ccccc1C=O)C(=O)O. The monoisotopic (exact) mass is 208 g/mol. The highest BCUT2D eigenvalue weighted by molar-refractivity contribution is 5.80. The van der Waals surface area contributed by atoms with Crippen LogP contribution >= 0.6 is 0 Å². The standard InChI is InChI=1S/C11H12O4/c1-2-9(11(13)14)15-10-6-4-3-5-8(10)7-12/h3-7,9H,2H2,1H3,(H,13,14). The summed E-state index contributed by atoms with van der Waals surface area (Å²) in [5.74, 6) is -0.722. The molecule has 1 N–H and O–H groups in total. The third-order valence-corrected chi connectivity index (χ3v) is 1.96. The molecule has 0 aliphatic carbocycles. The second-order valence-corrected chi connectivity index (χ2v) is 3.01. The van der Waals surface area contributed by atoms with Crippen molar-refractivity contribution in [3.05, 3.63) is 29.8 Å². The number of carboxylic acids is 1. The minimum Gasteiger partial charge on any atom is -0.479 e. The molecule has 80 valence electrons. The predicted molar refractivity (Wildman–Crippen MR) is 54.2 cm³/mol. The van der Waals surface area contributed by atoms with Crippen LogP contribution in [0.4, 0.5) is 0 Å². The van der Waals surface area contributed by atoms with E-state index in [0.29, 0.717) is 24.0 Å². The zero-order valence-corrected chi connectivity index (χ0v) is 8.34. The third-order valence-electron chi connectivity index (χ3n) is 1.96. The van der Waals surface area contributed by atoms with Crippen molar-refractivity contribution in [1.82, 2.24) is 0 Å². The molecule has 1 aromatic carbocycles. The summed E-state index contributed by atoms with van der Waals surface area (Å²) in [6.07, 6.45) is 0.0815. The van der Waals surface area contributed by atoms with Crippen molar-refractivity contribution in [2.75, 3.05) is 0 Å². The maximum atomic E-state index is 10.7. The molecule has 0 bridgehead atoms. The van der Waals surface area contributed by atoms with Crippen LogP contribution in [-0.2, 0) is 4.79 Å². The fraction of sp³-hybridized carbons (Fsp3) is 0.273. The van der Waals surface area contributed by atoms with Gasteiger partial charge >= 0.3 is 5.97 Å². The molecule has 4 nitrogen and oxygen atoms in total. The Balaban J connectivity index is 2.87. The predicted octanol–water partition coefficient (Wildman–Crippen LogP) is 1.74. The van der Waals surface area contributed by atoms with Crippen molar-refractivity contribution >= 4 is 12.3 Å². The summed E-state index contributed by atoms with van der Waals surface area (Å²) in [7, 11) is 0. The maximum Gasteiger partial charge on any atom is 0.344 e. The van der Waals surface area contributed by atoms with Crippen molar-refractivity contribution in [2.24, 2.45) is 0 Å². The molecule has 0 heterocycles. The Bertz CT molecular complexity index is 359. The maximum absolute atomic E-state index is 10.7. The highest BCUT2D eigenvalue weighted by Gasteiger charge is 2.17. The quantitative estimate of drug-likeness (QED) is 0.748. The average molecular weight is 208 g/mol. The normalized spacial score (nSPS) is 11.8. The molecule has 1 atom stereocenters. The highest BCUT2D eigenvalue weighted by Crippen LogP contribution is 2.18. The Morgan fingerprint density at radius 2 is 2.20 bits per heavy atom. The molecule has 0 amide bonds. The lowest BCUT2D eigenvalue weighted by atomic mass is 10.2. The highest BCUT2D eigenvalue weighted by atomic mass is 16.5. The van der Waals surface area contributed by atoms with E-state index in [4.69, 9.17) is 9.84 Å². The van der Waals surface area contributed by atoms with Crippen LogP contribution < -0.4 is 4.74 Å². The van der Waals surface area contributed by atoms with Gasteiger partial charge in [-0.1, -0.05) is 19.1 Å². The lowest BCUT2D eigenvalue weighted by molar-refractivity contribution is -0.145. The molecule has 1 aromatic rings. The van der Waals surface area contributed by atoms with Gasteiger partial charge in [0.05, 0.1) is 5.56 Å². The molecule has 4 heteroatoms. The van der Waals surface area contributed by atoms with Gasteiger partial charge in [-0.2, -0.15) is 0 Å². The lowest BCUT2D eigenvalue weighted by Gasteiger charge is -2.14. The number of carbonyl (C=O) groups is 2. The van der Waals surface area contributed by atoms with Gasteiger partial charge in [-0.25, -0.2) is 4.79 Å². The molecular weight excluding hydrogens is 196 g/mol. The van der Waals surface area contributed by atoms with Crippen molar-refractivity contribution in [3.63, 3.8) is 0 Å². The van der Waals surface area contributed by atoms with Gasteiger partial charge in [0.1, 0.15) is 5.75 Å². The van der Waals surface area contributed by atoms with E-state index in [1.807, 2.05) is 0 Å². The number of carbonyl (C=O) groups excluding carboxylic acids is 1. The first-order chi connectivity index (χ1) is 7.19. The number of carboxylic acid groups (broad SMARTS) is 1. The summed E-state index contributed by atoms with van der Waals surface area (Å²) < 4.78 is 5.22. The van der Waals surface area contributed by atoms with Crippen molar-refractivity contribution < 1.29 is 19.4 Å². The first kappa shape index (κ1) is 11.2. The van der Waals surface area contributed by atoms with Crippen LogP contribution in [0.15, 0.2) is 24.3 Å². The van der Waals surface area contributed by atoms with E-state index in [1.165, 1.54) is 0 Å². The Morgan fingerprint density at radius 1 is 1.53 bits per heavy atom. The van der Waals surface area contributed by atoms with E-state index in [-0.39, 0.29) is 0 Å². The average Bonchev–Trinajstić information content (AvgIpc) is 2.25.